The first-order valence-corrected chi connectivity index (χ1v) is 6.92. The molecule has 0 aliphatic rings. The molecule has 0 unspecified atom stereocenters. The Morgan fingerprint density at radius 2 is 1.83 bits per heavy atom. The monoisotopic (exact) mass is 313 g/mol. The van der Waals surface area contributed by atoms with Crippen molar-refractivity contribution in [3.8, 4) is 0 Å². The SMILES string of the molecule is CCOC(=O)C(=NNc1ccc([N+](=O)[O-])cc1)c1ccccc1. The molecule has 23 heavy (non-hydrogen) atoms. The van der Waals surface area contributed by atoms with Crippen molar-refractivity contribution in [2.75, 3.05) is 12.0 Å². The predicted octanol–water partition coefficient (Wildman–Crippen LogP) is 2.97. The molecule has 0 amide bonds. The van der Waals surface area contributed by atoms with Gasteiger partial charge in [0.05, 0.1) is 17.2 Å². The number of rotatable bonds is 6. The summed E-state index contributed by atoms with van der Waals surface area (Å²) < 4.78 is 5.00. The summed E-state index contributed by atoms with van der Waals surface area (Å²) in [5, 5.41) is 14.7. The highest BCUT2D eigenvalue weighted by molar-refractivity contribution is 6.43. The van der Waals surface area contributed by atoms with E-state index in [2.05, 4.69) is 10.5 Å². The lowest BCUT2D eigenvalue weighted by atomic mass is 10.1. The highest BCUT2D eigenvalue weighted by Crippen LogP contribution is 2.15. The van der Waals surface area contributed by atoms with Crippen molar-refractivity contribution in [3.63, 3.8) is 0 Å². The van der Waals surface area contributed by atoms with Crippen LogP contribution in [0, 0.1) is 10.1 Å². The number of carbonyl (C=O) groups excluding carboxylic acids is 1. The molecule has 1 N–H and O–H groups in total. The van der Waals surface area contributed by atoms with E-state index in [0.29, 0.717) is 11.3 Å². The van der Waals surface area contributed by atoms with Gasteiger partial charge in [0.1, 0.15) is 0 Å². The topological polar surface area (TPSA) is 93.8 Å². The first kappa shape index (κ1) is 16.2. The molecule has 0 aliphatic carbocycles. The fraction of sp³-hybridized carbons (Fsp3) is 0.125. The van der Waals surface area contributed by atoms with Crippen molar-refractivity contribution < 1.29 is 14.5 Å². The zero-order valence-corrected chi connectivity index (χ0v) is 12.4. The normalized spacial score (nSPS) is 10.9. The van der Waals surface area contributed by atoms with Crippen LogP contribution in [0.3, 0.4) is 0 Å². The Morgan fingerprint density at radius 3 is 2.39 bits per heavy atom. The van der Waals surface area contributed by atoms with Crippen molar-refractivity contribution in [3.05, 3.63) is 70.3 Å². The third kappa shape index (κ3) is 4.37. The summed E-state index contributed by atoms with van der Waals surface area (Å²) >= 11 is 0. The van der Waals surface area contributed by atoms with Gasteiger partial charge in [-0.1, -0.05) is 30.3 Å². The Morgan fingerprint density at radius 1 is 1.17 bits per heavy atom. The van der Waals surface area contributed by atoms with Gasteiger partial charge in [-0.3, -0.25) is 15.5 Å². The summed E-state index contributed by atoms with van der Waals surface area (Å²) in [6.45, 7) is 1.95. The average Bonchev–Trinajstić information content (AvgIpc) is 2.57. The van der Waals surface area contributed by atoms with E-state index in [1.165, 1.54) is 24.3 Å². The van der Waals surface area contributed by atoms with Gasteiger partial charge in [-0.15, -0.1) is 0 Å². The molecule has 0 bridgehead atoms. The maximum atomic E-state index is 12.0. The molecule has 7 heteroatoms. The van der Waals surface area contributed by atoms with Gasteiger partial charge in [-0.25, -0.2) is 4.79 Å². The summed E-state index contributed by atoms with van der Waals surface area (Å²) in [5.74, 6) is -0.548. The van der Waals surface area contributed by atoms with Crippen LogP contribution in [0.25, 0.3) is 0 Å². The molecule has 2 rings (SSSR count). The molecule has 0 atom stereocenters. The molecule has 2 aromatic rings. The fourth-order valence-electron chi connectivity index (χ4n) is 1.80. The standard InChI is InChI=1S/C16H15N3O4/c1-2-23-16(20)15(12-6-4-3-5-7-12)18-17-13-8-10-14(11-9-13)19(21)22/h3-11,17H,2H2,1H3. The van der Waals surface area contributed by atoms with Crippen molar-refractivity contribution >= 4 is 23.1 Å². The van der Waals surface area contributed by atoms with Crippen molar-refractivity contribution in [1.29, 1.82) is 0 Å². The molecule has 0 saturated carbocycles. The Bertz CT molecular complexity index is 712. The quantitative estimate of drug-likeness (QED) is 0.383. The molecule has 118 valence electrons. The Balaban J connectivity index is 2.23. The first-order chi connectivity index (χ1) is 11.1. The molecule has 7 nitrogen and oxygen atoms in total. The van der Waals surface area contributed by atoms with Crippen molar-refractivity contribution in [2.45, 2.75) is 6.92 Å². The van der Waals surface area contributed by atoms with Crippen LogP contribution in [-0.2, 0) is 9.53 Å². The van der Waals surface area contributed by atoms with E-state index in [1.54, 1.807) is 31.2 Å². The van der Waals surface area contributed by atoms with Crippen molar-refractivity contribution in [2.24, 2.45) is 5.10 Å². The fourth-order valence-corrected chi connectivity index (χ4v) is 1.80. The molecule has 2 aromatic carbocycles. The molecule has 0 radical (unpaired) electrons. The number of carbonyl (C=O) groups is 1. The lowest BCUT2D eigenvalue weighted by molar-refractivity contribution is -0.384. The highest BCUT2D eigenvalue weighted by atomic mass is 16.6. The molecular formula is C16H15N3O4. The van der Waals surface area contributed by atoms with Crippen LogP contribution in [0.15, 0.2) is 59.7 Å². The van der Waals surface area contributed by atoms with Crippen LogP contribution in [0.2, 0.25) is 0 Å². The Hall–Kier alpha value is -3.22. The van der Waals surface area contributed by atoms with Crippen LogP contribution < -0.4 is 5.43 Å². The van der Waals surface area contributed by atoms with Gasteiger partial charge in [-0.2, -0.15) is 5.10 Å². The van der Waals surface area contributed by atoms with E-state index in [-0.39, 0.29) is 18.0 Å². The Kier molecular flexibility index (Phi) is 5.40. The van der Waals surface area contributed by atoms with Crippen molar-refractivity contribution in [1.82, 2.24) is 0 Å². The van der Waals surface area contributed by atoms with E-state index in [1.807, 2.05) is 6.07 Å². The summed E-state index contributed by atoms with van der Waals surface area (Å²) in [5.41, 5.74) is 3.96. The van der Waals surface area contributed by atoms with Gasteiger partial charge < -0.3 is 4.74 Å². The van der Waals surface area contributed by atoms with Gasteiger partial charge in [0.2, 0.25) is 0 Å². The highest BCUT2D eigenvalue weighted by Gasteiger charge is 2.15. The van der Waals surface area contributed by atoms with E-state index in [9.17, 15) is 14.9 Å². The van der Waals surface area contributed by atoms with E-state index in [0.717, 1.165) is 0 Å². The molecule has 0 aliphatic heterocycles. The molecule has 0 fully saturated rings. The third-order valence-corrected chi connectivity index (χ3v) is 2.89. The van der Waals surface area contributed by atoms with Gasteiger partial charge in [0, 0.05) is 17.7 Å². The largest absolute Gasteiger partial charge is 0.461 e. The Labute approximate surface area is 132 Å². The number of ether oxygens (including phenoxy) is 1. The number of hydrazone groups is 1. The van der Waals surface area contributed by atoms with Crippen LogP contribution in [0.4, 0.5) is 11.4 Å². The summed E-state index contributed by atoms with van der Waals surface area (Å²) in [7, 11) is 0. The second-order valence-electron chi connectivity index (χ2n) is 4.46. The number of benzene rings is 2. The minimum atomic E-state index is -0.548. The average molecular weight is 313 g/mol. The molecule has 0 spiro atoms. The number of nitrogens with one attached hydrogen (secondary N) is 1. The number of non-ortho nitro benzene ring substituents is 1. The summed E-state index contributed by atoms with van der Waals surface area (Å²) in [6.07, 6.45) is 0. The minimum Gasteiger partial charge on any atom is -0.461 e. The molecule has 0 aromatic heterocycles. The number of nitrogens with zero attached hydrogens (tertiary/aromatic N) is 2. The predicted molar refractivity (Wildman–Crippen MR) is 86.3 cm³/mol. The summed E-state index contributed by atoms with van der Waals surface area (Å²) in [4.78, 5) is 22.2. The zero-order chi connectivity index (χ0) is 16.7. The van der Waals surface area contributed by atoms with E-state index >= 15 is 0 Å². The second-order valence-corrected chi connectivity index (χ2v) is 4.46. The number of nitro benzene ring substituents is 1. The van der Waals surface area contributed by atoms with Gasteiger partial charge in [0.15, 0.2) is 5.71 Å². The zero-order valence-electron chi connectivity index (χ0n) is 12.4. The number of hydrogen-bond donors (Lipinski definition) is 1. The number of nitro groups is 1. The van der Waals surface area contributed by atoms with Crippen LogP contribution in [-0.4, -0.2) is 23.2 Å². The third-order valence-electron chi connectivity index (χ3n) is 2.89. The van der Waals surface area contributed by atoms with Gasteiger partial charge in [-0.05, 0) is 19.1 Å². The maximum Gasteiger partial charge on any atom is 0.359 e. The first-order valence-electron chi connectivity index (χ1n) is 6.92. The smallest absolute Gasteiger partial charge is 0.359 e. The van der Waals surface area contributed by atoms with Crippen LogP contribution in [0.1, 0.15) is 12.5 Å². The minimum absolute atomic E-state index is 0.0202. The maximum absolute atomic E-state index is 12.0. The number of hydrogen-bond acceptors (Lipinski definition) is 6. The lowest BCUT2D eigenvalue weighted by Crippen LogP contribution is -2.20. The summed E-state index contributed by atoms with van der Waals surface area (Å²) in [6, 6.07) is 14.6. The molecule has 0 heterocycles. The molecular weight excluding hydrogens is 298 g/mol. The molecule has 0 saturated heterocycles. The second kappa shape index (κ2) is 7.69. The van der Waals surface area contributed by atoms with E-state index < -0.39 is 10.9 Å². The van der Waals surface area contributed by atoms with E-state index in [4.69, 9.17) is 4.74 Å². The lowest BCUT2D eigenvalue weighted by Gasteiger charge is -2.07. The number of esters is 1. The van der Waals surface area contributed by atoms with Crippen LogP contribution >= 0.6 is 0 Å². The van der Waals surface area contributed by atoms with Crippen LogP contribution in [0.5, 0.6) is 0 Å². The van der Waals surface area contributed by atoms with Gasteiger partial charge >= 0.3 is 5.97 Å². The van der Waals surface area contributed by atoms with Gasteiger partial charge in [0.25, 0.3) is 5.69 Å². The number of anilines is 1.